The average molecular weight is 354 g/mol. The molecule has 1 heterocycles. The van der Waals surface area contributed by atoms with Crippen LogP contribution >= 0.6 is 0 Å². The molecule has 0 bridgehead atoms. The van der Waals surface area contributed by atoms with Gasteiger partial charge in [0, 0.05) is 19.3 Å². The zero-order chi connectivity index (χ0) is 18.0. The normalized spacial score (nSPS) is 16.0. The Balaban J connectivity index is 2.15. The fourth-order valence-electron chi connectivity index (χ4n) is 3.97. The number of ether oxygens (including phenoxy) is 1. The third-order valence-electron chi connectivity index (χ3n) is 5.85. The quantitative estimate of drug-likeness (QED) is 0.288. The Morgan fingerprint density at radius 2 is 1.20 bits per heavy atom. The second kappa shape index (κ2) is 17.3. The summed E-state index contributed by atoms with van der Waals surface area (Å²) >= 11 is 0. The highest BCUT2D eigenvalue weighted by molar-refractivity contribution is 4.72. The van der Waals surface area contributed by atoms with Crippen LogP contribution in [-0.4, -0.2) is 25.8 Å². The molecule has 1 saturated heterocycles. The van der Waals surface area contributed by atoms with Crippen LogP contribution in [0.25, 0.3) is 0 Å². The Kier molecular flexibility index (Phi) is 15.9. The zero-order valence-corrected chi connectivity index (χ0v) is 17.5. The molecule has 1 rings (SSSR count). The molecule has 0 atom stereocenters. The van der Waals surface area contributed by atoms with Crippen molar-refractivity contribution < 1.29 is 4.74 Å². The van der Waals surface area contributed by atoms with Crippen molar-refractivity contribution in [3.63, 3.8) is 0 Å². The van der Waals surface area contributed by atoms with Crippen LogP contribution in [0.15, 0.2) is 0 Å². The lowest BCUT2D eigenvalue weighted by molar-refractivity contribution is 0.0652. The summed E-state index contributed by atoms with van der Waals surface area (Å²) in [6, 6.07) is 0.764. The van der Waals surface area contributed by atoms with E-state index in [1.165, 1.54) is 109 Å². The second-order valence-corrected chi connectivity index (χ2v) is 8.27. The first kappa shape index (κ1) is 23.0. The second-order valence-electron chi connectivity index (χ2n) is 8.27. The summed E-state index contributed by atoms with van der Waals surface area (Å²) in [4.78, 5) is 0. The van der Waals surface area contributed by atoms with Crippen LogP contribution in [-0.2, 0) is 4.74 Å². The third kappa shape index (κ3) is 13.7. The fourth-order valence-corrected chi connectivity index (χ4v) is 3.97. The van der Waals surface area contributed by atoms with E-state index in [4.69, 9.17) is 4.74 Å². The molecule has 0 unspecified atom stereocenters. The van der Waals surface area contributed by atoms with E-state index in [0.717, 1.165) is 25.2 Å². The van der Waals surface area contributed by atoms with Crippen molar-refractivity contribution in [3.05, 3.63) is 0 Å². The lowest BCUT2D eigenvalue weighted by atomic mass is 9.97. The maximum Gasteiger partial charge on any atom is 0.0469 e. The predicted molar refractivity (Wildman–Crippen MR) is 111 cm³/mol. The molecule has 25 heavy (non-hydrogen) atoms. The highest BCUT2D eigenvalue weighted by Gasteiger charge is 2.15. The smallest absolute Gasteiger partial charge is 0.0469 e. The van der Waals surface area contributed by atoms with Crippen LogP contribution in [0.5, 0.6) is 0 Å². The minimum atomic E-state index is 0.764. The van der Waals surface area contributed by atoms with Gasteiger partial charge in [0.25, 0.3) is 0 Å². The maximum atomic E-state index is 5.50. The van der Waals surface area contributed by atoms with Crippen molar-refractivity contribution in [1.29, 1.82) is 0 Å². The topological polar surface area (TPSA) is 21.3 Å². The molecule has 2 heteroatoms. The van der Waals surface area contributed by atoms with Crippen molar-refractivity contribution >= 4 is 0 Å². The van der Waals surface area contributed by atoms with Gasteiger partial charge in [-0.25, -0.2) is 0 Å². The van der Waals surface area contributed by atoms with Gasteiger partial charge in [0.05, 0.1) is 0 Å². The van der Waals surface area contributed by atoms with Gasteiger partial charge in [-0.1, -0.05) is 90.9 Å². The van der Waals surface area contributed by atoms with Gasteiger partial charge in [-0.2, -0.15) is 0 Å². The van der Waals surface area contributed by atoms with Gasteiger partial charge < -0.3 is 10.1 Å². The Hall–Kier alpha value is -0.0800. The Morgan fingerprint density at radius 1 is 0.720 bits per heavy atom. The minimum absolute atomic E-state index is 0.764. The Labute approximate surface area is 158 Å². The maximum absolute atomic E-state index is 5.50. The van der Waals surface area contributed by atoms with Gasteiger partial charge in [0.2, 0.25) is 0 Å². The lowest BCUT2D eigenvalue weighted by Gasteiger charge is -2.26. The van der Waals surface area contributed by atoms with Gasteiger partial charge >= 0.3 is 0 Å². The van der Waals surface area contributed by atoms with Crippen LogP contribution in [0.3, 0.4) is 0 Å². The SMILES string of the molecule is CCCCCCCCC(CCCCCCCC)NCC1CCOCC1. The monoisotopic (exact) mass is 353 g/mol. The van der Waals surface area contributed by atoms with Crippen LogP contribution in [0.4, 0.5) is 0 Å². The Bertz CT molecular complexity index is 247. The number of nitrogens with one attached hydrogen (secondary N) is 1. The van der Waals surface area contributed by atoms with E-state index in [9.17, 15) is 0 Å². The van der Waals surface area contributed by atoms with Crippen molar-refractivity contribution in [1.82, 2.24) is 5.32 Å². The number of hydrogen-bond acceptors (Lipinski definition) is 2. The average Bonchev–Trinajstić information content (AvgIpc) is 2.65. The predicted octanol–water partition coefficient (Wildman–Crippen LogP) is 6.87. The van der Waals surface area contributed by atoms with Gasteiger partial charge in [-0.15, -0.1) is 0 Å². The molecule has 1 aliphatic rings. The molecule has 1 fully saturated rings. The molecule has 0 aromatic carbocycles. The van der Waals surface area contributed by atoms with E-state index in [2.05, 4.69) is 19.2 Å². The van der Waals surface area contributed by atoms with E-state index in [1.807, 2.05) is 0 Å². The van der Waals surface area contributed by atoms with Crippen LogP contribution in [0, 0.1) is 5.92 Å². The summed E-state index contributed by atoms with van der Waals surface area (Å²) in [5.74, 6) is 0.852. The van der Waals surface area contributed by atoms with Gasteiger partial charge in [-0.3, -0.25) is 0 Å². The molecular formula is C23H47NO. The van der Waals surface area contributed by atoms with Gasteiger partial charge in [0.15, 0.2) is 0 Å². The molecule has 2 nitrogen and oxygen atoms in total. The summed E-state index contributed by atoms with van der Waals surface area (Å²) < 4.78 is 5.50. The molecule has 0 aliphatic carbocycles. The van der Waals surface area contributed by atoms with E-state index >= 15 is 0 Å². The van der Waals surface area contributed by atoms with Crippen molar-refractivity contribution in [2.24, 2.45) is 5.92 Å². The summed E-state index contributed by atoms with van der Waals surface area (Å²) in [7, 11) is 0. The standard InChI is InChI=1S/C23H47NO/c1-3-5-7-9-11-13-15-23(16-14-12-10-8-6-4-2)24-21-22-17-19-25-20-18-22/h22-24H,3-21H2,1-2H3. The fraction of sp³-hybridized carbons (Fsp3) is 1.00. The molecule has 0 aromatic rings. The molecule has 0 aromatic heterocycles. The first-order valence-electron chi connectivity index (χ1n) is 11.7. The third-order valence-corrected chi connectivity index (χ3v) is 5.85. The minimum Gasteiger partial charge on any atom is -0.381 e. The molecule has 0 saturated carbocycles. The number of unbranched alkanes of at least 4 members (excludes halogenated alkanes) is 10. The van der Waals surface area contributed by atoms with E-state index in [-0.39, 0.29) is 0 Å². The van der Waals surface area contributed by atoms with Crippen molar-refractivity contribution in [2.45, 2.75) is 123 Å². The van der Waals surface area contributed by atoms with E-state index in [1.54, 1.807) is 0 Å². The molecule has 150 valence electrons. The zero-order valence-electron chi connectivity index (χ0n) is 17.5. The summed E-state index contributed by atoms with van der Waals surface area (Å²) in [5, 5.41) is 3.94. The van der Waals surface area contributed by atoms with Crippen LogP contribution in [0.2, 0.25) is 0 Å². The molecule has 0 radical (unpaired) electrons. The summed E-state index contributed by atoms with van der Waals surface area (Å²) in [6.45, 7) is 7.78. The molecule has 1 N–H and O–H groups in total. The number of hydrogen-bond donors (Lipinski definition) is 1. The highest BCUT2D eigenvalue weighted by atomic mass is 16.5. The van der Waals surface area contributed by atoms with Crippen molar-refractivity contribution in [2.75, 3.05) is 19.8 Å². The molecule has 1 aliphatic heterocycles. The molecule has 0 spiro atoms. The Morgan fingerprint density at radius 3 is 1.72 bits per heavy atom. The first-order chi connectivity index (χ1) is 12.4. The molecule has 0 amide bonds. The molecular weight excluding hydrogens is 306 g/mol. The number of rotatable bonds is 17. The lowest BCUT2D eigenvalue weighted by Crippen LogP contribution is -2.35. The van der Waals surface area contributed by atoms with Gasteiger partial charge in [0.1, 0.15) is 0 Å². The largest absolute Gasteiger partial charge is 0.381 e. The van der Waals surface area contributed by atoms with E-state index < -0.39 is 0 Å². The van der Waals surface area contributed by atoms with Crippen LogP contribution < -0.4 is 5.32 Å². The summed E-state index contributed by atoms with van der Waals surface area (Å²) in [5.41, 5.74) is 0. The van der Waals surface area contributed by atoms with Crippen molar-refractivity contribution in [3.8, 4) is 0 Å². The van der Waals surface area contributed by atoms with E-state index in [0.29, 0.717) is 0 Å². The summed E-state index contributed by atoms with van der Waals surface area (Å²) in [6.07, 6.45) is 22.3. The van der Waals surface area contributed by atoms with Gasteiger partial charge in [-0.05, 0) is 38.1 Å². The highest BCUT2D eigenvalue weighted by Crippen LogP contribution is 2.17. The van der Waals surface area contributed by atoms with Crippen LogP contribution in [0.1, 0.15) is 117 Å². The first-order valence-corrected chi connectivity index (χ1v) is 11.7.